The fourth-order valence-corrected chi connectivity index (χ4v) is 4.88. The van der Waals surface area contributed by atoms with Crippen LogP contribution in [0.25, 0.3) is 0 Å². The first-order valence-electron chi connectivity index (χ1n) is 9.74. The van der Waals surface area contributed by atoms with Crippen LogP contribution in [-0.4, -0.2) is 61.5 Å². The molecular weight excluding hydrogens is 380 g/mol. The molecule has 2 saturated heterocycles. The molecule has 0 bridgehead atoms. The first-order valence-corrected chi connectivity index (χ1v) is 11.6. The van der Waals surface area contributed by atoms with Crippen LogP contribution in [0.15, 0.2) is 24.3 Å². The van der Waals surface area contributed by atoms with Gasteiger partial charge in [0, 0.05) is 31.9 Å². The predicted octanol–water partition coefficient (Wildman–Crippen LogP) is 1.74. The zero-order valence-electron chi connectivity index (χ0n) is 16.2. The van der Waals surface area contributed by atoms with Crippen molar-refractivity contribution >= 4 is 27.6 Å². The Labute approximate surface area is 166 Å². The average Bonchev–Trinajstić information content (AvgIpc) is 3.21. The number of sulfonamides is 1. The molecule has 0 aromatic heterocycles. The largest absolute Gasteiger partial charge is 0.351 e. The monoisotopic (exact) mass is 408 g/mol. The van der Waals surface area contributed by atoms with E-state index >= 15 is 0 Å². The number of piperidine rings is 1. The standard InChI is InChI=1S/C19H28N4O4S/c1-28(26,27)23-12-3-2-9-17(23)18(24)20-14-15-7-6-8-16(13-15)21-19(25)22-10-4-5-11-22/h6-8,13,17H,2-5,9-12,14H2,1H3,(H,20,24)(H,21,25). The SMILES string of the molecule is CS(=O)(=O)N1CCCCC1C(=O)NCc1cccc(NC(=O)N2CCCC2)c1. The molecule has 3 amide bonds. The topological polar surface area (TPSA) is 98.8 Å². The minimum atomic E-state index is -3.41. The molecule has 28 heavy (non-hydrogen) atoms. The maximum absolute atomic E-state index is 12.6. The van der Waals surface area contributed by atoms with Gasteiger partial charge < -0.3 is 15.5 Å². The summed E-state index contributed by atoms with van der Waals surface area (Å²) in [5.41, 5.74) is 1.52. The van der Waals surface area contributed by atoms with Gasteiger partial charge in [-0.1, -0.05) is 18.6 Å². The molecule has 2 fully saturated rings. The third-order valence-corrected chi connectivity index (χ3v) is 6.51. The second-order valence-electron chi connectivity index (χ2n) is 7.43. The van der Waals surface area contributed by atoms with E-state index in [0.29, 0.717) is 18.7 Å². The van der Waals surface area contributed by atoms with Gasteiger partial charge in [0.2, 0.25) is 15.9 Å². The van der Waals surface area contributed by atoms with Crippen LogP contribution in [0, 0.1) is 0 Å². The number of nitrogens with one attached hydrogen (secondary N) is 2. The van der Waals surface area contributed by atoms with E-state index in [0.717, 1.165) is 50.6 Å². The number of likely N-dealkylation sites (tertiary alicyclic amines) is 1. The van der Waals surface area contributed by atoms with Gasteiger partial charge in [0.25, 0.3) is 0 Å². The van der Waals surface area contributed by atoms with E-state index in [2.05, 4.69) is 10.6 Å². The quantitative estimate of drug-likeness (QED) is 0.775. The van der Waals surface area contributed by atoms with E-state index in [1.165, 1.54) is 4.31 Å². The third-order valence-electron chi connectivity index (χ3n) is 5.22. The molecule has 9 heteroatoms. The summed E-state index contributed by atoms with van der Waals surface area (Å²) < 4.78 is 25.2. The molecule has 0 radical (unpaired) electrons. The van der Waals surface area contributed by atoms with Gasteiger partial charge in [-0.05, 0) is 43.4 Å². The van der Waals surface area contributed by atoms with Gasteiger partial charge in [-0.2, -0.15) is 4.31 Å². The van der Waals surface area contributed by atoms with Crippen LogP contribution in [0.4, 0.5) is 10.5 Å². The molecule has 2 heterocycles. The number of anilines is 1. The Morgan fingerprint density at radius 1 is 1.11 bits per heavy atom. The number of hydrogen-bond donors (Lipinski definition) is 2. The Bertz CT molecular complexity index is 821. The Balaban J connectivity index is 1.58. The van der Waals surface area contributed by atoms with Crippen molar-refractivity contribution in [3.05, 3.63) is 29.8 Å². The van der Waals surface area contributed by atoms with Gasteiger partial charge in [-0.25, -0.2) is 13.2 Å². The van der Waals surface area contributed by atoms with Crippen molar-refractivity contribution < 1.29 is 18.0 Å². The van der Waals surface area contributed by atoms with Gasteiger partial charge in [0.05, 0.1) is 6.26 Å². The number of benzene rings is 1. The van der Waals surface area contributed by atoms with Crippen LogP contribution < -0.4 is 10.6 Å². The highest BCUT2D eigenvalue weighted by molar-refractivity contribution is 7.88. The maximum Gasteiger partial charge on any atom is 0.321 e. The molecule has 3 rings (SSSR count). The summed E-state index contributed by atoms with van der Waals surface area (Å²) in [6, 6.07) is 6.56. The third kappa shape index (κ3) is 5.23. The minimum absolute atomic E-state index is 0.107. The van der Waals surface area contributed by atoms with E-state index < -0.39 is 16.1 Å². The molecule has 1 aromatic carbocycles. The lowest BCUT2D eigenvalue weighted by Crippen LogP contribution is -2.51. The van der Waals surface area contributed by atoms with Crippen molar-refractivity contribution in [3.8, 4) is 0 Å². The van der Waals surface area contributed by atoms with E-state index in [1.807, 2.05) is 24.3 Å². The van der Waals surface area contributed by atoms with Crippen molar-refractivity contribution in [2.45, 2.75) is 44.7 Å². The Morgan fingerprint density at radius 2 is 1.82 bits per heavy atom. The van der Waals surface area contributed by atoms with E-state index in [4.69, 9.17) is 0 Å². The van der Waals surface area contributed by atoms with Crippen LogP contribution in [-0.2, 0) is 21.4 Å². The Morgan fingerprint density at radius 3 is 2.54 bits per heavy atom. The molecule has 1 unspecified atom stereocenters. The van der Waals surface area contributed by atoms with Crippen LogP contribution in [0.3, 0.4) is 0 Å². The molecule has 2 N–H and O–H groups in total. The van der Waals surface area contributed by atoms with Crippen molar-refractivity contribution in [2.24, 2.45) is 0 Å². The number of urea groups is 1. The number of carbonyl (C=O) groups excluding carboxylic acids is 2. The fourth-order valence-electron chi connectivity index (χ4n) is 3.75. The number of rotatable bonds is 5. The number of nitrogens with zero attached hydrogens (tertiary/aromatic N) is 2. The fraction of sp³-hybridized carbons (Fsp3) is 0.579. The van der Waals surface area contributed by atoms with Crippen molar-refractivity contribution in [1.29, 1.82) is 0 Å². The summed E-state index contributed by atoms with van der Waals surface area (Å²) in [6.45, 7) is 2.22. The van der Waals surface area contributed by atoms with Gasteiger partial charge in [-0.3, -0.25) is 4.79 Å². The minimum Gasteiger partial charge on any atom is -0.351 e. The van der Waals surface area contributed by atoms with Crippen LogP contribution in [0.5, 0.6) is 0 Å². The zero-order chi connectivity index (χ0) is 20.1. The van der Waals surface area contributed by atoms with Crippen LogP contribution in [0.2, 0.25) is 0 Å². The smallest absolute Gasteiger partial charge is 0.321 e. The van der Waals surface area contributed by atoms with Gasteiger partial charge >= 0.3 is 6.03 Å². The predicted molar refractivity (Wildman–Crippen MR) is 107 cm³/mol. The molecule has 1 atom stereocenters. The second kappa shape index (κ2) is 8.91. The highest BCUT2D eigenvalue weighted by Crippen LogP contribution is 2.20. The summed E-state index contributed by atoms with van der Waals surface area (Å²) >= 11 is 0. The first kappa shape index (κ1) is 20.6. The van der Waals surface area contributed by atoms with E-state index in [9.17, 15) is 18.0 Å². The molecular formula is C19H28N4O4S. The molecule has 2 aliphatic rings. The molecule has 154 valence electrons. The lowest BCUT2D eigenvalue weighted by atomic mass is 10.0. The van der Waals surface area contributed by atoms with Crippen LogP contribution >= 0.6 is 0 Å². The second-order valence-corrected chi connectivity index (χ2v) is 9.36. The number of hydrogen-bond acceptors (Lipinski definition) is 4. The van der Waals surface area contributed by atoms with Crippen molar-refractivity contribution in [1.82, 2.24) is 14.5 Å². The zero-order valence-corrected chi connectivity index (χ0v) is 17.0. The summed E-state index contributed by atoms with van der Waals surface area (Å²) in [5.74, 6) is -0.281. The van der Waals surface area contributed by atoms with E-state index in [-0.39, 0.29) is 18.5 Å². The first-order chi connectivity index (χ1) is 13.3. The number of carbonyl (C=O) groups is 2. The Kier molecular flexibility index (Phi) is 6.56. The van der Waals surface area contributed by atoms with Crippen LogP contribution in [0.1, 0.15) is 37.7 Å². The molecule has 0 saturated carbocycles. The van der Waals surface area contributed by atoms with Crippen molar-refractivity contribution in [2.75, 3.05) is 31.2 Å². The normalized spacial score (nSPS) is 20.8. The molecule has 2 aliphatic heterocycles. The van der Waals surface area contributed by atoms with Gasteiger partial charge in [0.15, 0.2) is 0 Å². The summed E-state index contributed by atoms with van der Waals surface area (Å²) in [6.07, 6.45) is 5.35. The molecule has 0 spiro atoms. The molecule has 0 aliphatic carbocycles. The van der Waals surface area contributed by atoms with Gasteiger partial charge in [-0.15, -0.1) is 0 Å². The van der Waals surface area contributed by atoms with Gasteiger partial charge in [0.1, 0.15) is 6.04 Å². The molecule has 1 aromatic rings. The van der Waals surface area contributed by atoms with E-state index in [1.54, 1.807) is 4.90 Å². The maximum atomic E-state index is 12.6. The Hall–Kier alpha value is -2.13. The lowest BCUT2D eigenvalue weighted by molar-refractivity contribution is -0.125. The summed E-state index contributed by atoms with van der Waals surface area (Å²) in [7, 11) is -3.41. The number of amides is 3. The lowest BCUT2D eigenvalue weighted by Gasteiger charge is -2.32. The average molecular weight is 409 g/mol. The summed E-state index contributed by atoms with van der Waals surface area (Å²) in [4.78, 5) is 26.6. The highest BCUT2D eigenvalue weighted by atomic mass is 32.2. The molecule has 8 nitrogen and oxygen atoms in total. The van der Waals surface area contributed by atoms with Crippen molar-refractivity contribution in [3.63, 3.8) is 0 Å². The summed E-state index contributed by atoms with van der Waals surface area (Å²) in [5, 5.41) is 5.73. The highest BCUT2D eigenvalue weighted by Gasteiger charge is 2.34.